The third-order valence-electron chi connectivity index (χ3n) is 3.52. The summed E-state index contributed by atoms with van der Waals surface area (Å²) in [7, 11) is -3.26. The van der Waals surface area contributed by atoms with Crippen LogP contribution in [0, 0.1) is 0 Å². The third kappa shape index (κ3) is 3.03. The molecule has 7 heteroatoms. The molecule has 1 atom stereocenters. The minimum atomic E-state index is -3.26. The van der Waals surface area contributed by atoms with Gasteiger partial charge in [-0.25, -0.2) is 8.42 Å². The maximum atomic E-state index is 11.6. The Bertz CT molecular complexity index is 783. The zero-order chi connectivity index (χ0) is 15.2. The highest BCUT2D eigenvalue weighted by Gasteiger charge is 2.33. The second-order valence-electron chi connectivity index (χ2n) is 5.24. The summed E-state index contributed by atoms with van der Waals surface area (Å²) in [5, 5.41) is 4.28. The smallest absolute Gasteiger partial charge is 0.175 e. The average molecular weight is 391 g/mol. The summed E-state index contributed by atoms with van der Waals surface area (Å²) >= 11 is 9.86. The molecule has 0 aliphatic heterocycles. The normalized spacial score (nSPS) is 16.9. The van der Waals surface area contributed by atoms with E-state index in [1.165, 1.54) is 6.07 Å². The van der Waals surface area contributed by atoms with Crippen LogP contribution in [0.4, 0.5) is 0 Å². The lowest BCUT2D eigenvalue weighted by Crippen LogP contribution is -2.00. The fraction of sp³-hybridized carbons (Fsp3) is 0.357. The molecule has 1 fully saturated rings. The monoisotopic (exact) mass is 389 g/mol. The van der Waals surface area contributed by atoms with E-state index in [9.17, 15) is 8.42 Å². The van der Waals surface area contributed by atoms with E-state index in [4.69, 9.17) is 16.1 Å². The Morgan fingerprint density at radius 1 is 1.38 bits per heavy atom. The van der Waals surface area contributed by atoms with Crippen molar-refractivity contribution in [3.05, 3.63) is 46.3 Å². The van der Waals surface area contributed by atoms with Crippen LogP contribution in [-0.4, -0.2) is 19.8 Å². The number of benzene rings is 1. The molecule has 0 spiro atoms. The SMILES string of the molecule is CS(=O)(=O)c1ccc(C(Br)c2cnoc2C2CC2)c(Cl)c1. The predicted molar refractivity (Wildman–Crippen MR) is 83.8 cm³/mol. The molecular weight excluding hydrogens is 378 g/mol. The minimum Gasteiger partial charge on any atom is -0.361 e. The maximum Gasteiger partial charge on any atom is 0.175 e. The van der Waals surface area contributed by atoms with E-state index in [0.29, 0.717) is 10.9 Å². The summed E-state index contributed by atoms with van der Waals surface area (Å²) in [6.45, 7) is 0. The molecule has 0 saturated heterocycles. The molecular formula is C14H13BrClNO3S. The highest BCUT2D eigenvalue weighted by Crippen LogP contribution is 2.46. The molecule has 1 aliphatic rings. The molecule has 21 heavy (non-hydrogen) atoms. The van der Waals surface area contributed by atoms with Crippen molar-refractivity contribution in [2.45, 2.75) is 28.5 Å². The topological polar surface area (TPSA) is 60.2 Å². The number of rotatable bonds is 4. The number of aromatic nitrogens is 1. The molecule has 1 saturated carbocycles. The first-order chi connectivity index (χ1) is 9.88. The zero-order valence-corrected chi connectivity index (χ0v) is 14.4. The molecule has 3 rings (SSSR count). The minimum absolute atomic E-state index is 0.166. The van der Waals surface area contributed by atoms with Crippen molar-refractivity contribution in [1.82, 2.24) is 5.16 Å². The van der Waals surface area contributed by atoms with Crippen molar-refractivity contribution < 1.29 is 12.9 Å². The third-order valence-corrected chi connectivity index (χ3v) is 5.95. The highest BCUT2D eigenvalue weighted by atomic mass is 79.9. The molecule has 0 amide bonds. The van der Waals surface area contributed by atoms with Gasteiger partial charge in [0.2, 0.25) is 0 Å². The van der Waals surface area contributed by atoms with Gasteiger partial charge in [-0.2, -0.15) is 0 Å². The van der Waals surface area contributed by atoms with E-state index in [-0.39, 0.29) is 9.72 Å². The Kier molecular flexibility index (Phi) is 3.88. The van der Waals surface area contributed by atoms with E-state index < -0.39 is 9.84 Å². The number of halogens is 2. The molecule has 4 nitrogen and oxygen atoms in total. The van der Waals surface area contributed by atoms with Crippen LogP contribution in [0.1, 0.15) is 40.5 Å². The highest BCUT2D eigenvalue weighted by molar-refractivity contribution is 9.09. The van der Waals surface area contributed by atoms with Gasteiger partial charge in [-0.05, 0) is 30.5 Å². The summed E-state index contributed by atoms with van der Waals surface area (Å²) in [5.41, 5.74) is 1.75. The van der Waals surface area contributed by atoms with Crippen LogP contribution in [0.15, 0.2) is 33.8 Å². The van der Waals surface area contributed by atoms with E-state index in [1.807, 2.05) is 0 Å². The summed E-state index contributed by atoms with van der Waals surface area (Å²) in [6.07, 6.45) is 5.08. The van der Waals surface area contributed by atoms with Crippen molar-refractivity contribution in [3.63, 3.8) is 0 Å². The summed E-state index contributed by atoms with van der Waals surface area (Å²) < 4.78 is 28.4. The molecule has 1 aromatic carbocycles. The lowest BCUT2D eigenvalue weighted by molar-refractivity contribution is 0.383. The number of sulfone groups is 1. The molecule has 0 bridgehead atoms. The van der Waals surface area contributed by atoms with Gasteiger partial charge in [-0.1, -0.05) is 38.8 Å². The van der Waals surface area contributed by atoms with Gasteiger partial charge in [0.15, 0.2) is 9.84 Å². The fourth-order valence-electron chi connectivity index (χ4n) is 2.21. The quantitative estimate of drug-likeness (QED) is 0.738. The van der Waals surface area contributed by atoms with Crippen LogP contribution in [0.25, 0.3) is 0 Å². The molecule has 1 aliphatic carbocycles. The molecule has 2 aromatic rings. The van der Waals surface area contributed by atoms with Crippen LogP contribution >= 0.6 is 27.5 Å². The first kappa shape index (κ1) is 15.1. The van der Waals surface area contributed by atoms with E-state index in [0.717, 1.165) is 36.0 Å². The number of hydrogen-bond acceptors (Lipinski definition) is 4. The van der Waals surface area contributed by atoms with Crippen molar-refractivity contribution in [2.75, 3.05) is 6.26 Å². The predicted octanol–water partition coefficient (Wildman–Crippen LogP) is 4.09. The molecule has 112 valence electrons. The number of alkyl halides is 1. The Morgan fingerprint density at radius 2 is 2.10 bits per heavy atom. The Morgan fingerprint density at radius 3 is 2.67 bits per heavy atom. The van der Waals surface area contributed by atoms with Gasteiger partial charge in [0.1, 0.15) is 5.76 Å². The van der Waals surface area contributed by atoms with E-state index in [1.54, 1.807) is 18.3 Å². The molecule has 1 unspecified atom stereocenters. The Labute approximate surface area is 136 Å². The van der Waals surface area contributed by atoms with Gasteiger partial charge < -0.3 is 4.52 Å². The largest absolute Gasteiger partial charge is 0.361 e. The maximum absolute atomic E-state index is 11.6. The van der Waals surface area contributed by atoms with Gasteiger partial charge >= 0.3 is 0 Å². The first-order valence-corrected chi connectivity index (χ1v) is 9.64. The van der Waals surface area contributed by atoms with Crippen LogP contribution in [0.5, 0.6) is 0 Å². The Hall–Kier alpha value is -0.850. The lowest BCUT2D eigenvalue weighted by atomic mass is 10.0. The van der Waals surface area contributed by atoms with Crippen molar-refractivity contribution >= 4 is 37.4 Å². The van der Waals surface area contributed by atoms with E-state index in [2.05, 4.69) is 21.1 Å². The first-order valence-electron chi connectivity index (χ1n) is 6.46. The summed E-state index contributed by atoms with van der Waals surface area (Å²) in [6, 6.07) is 4.77. The second kappa shape index (κ2) is 5.41. The number of nitrogens with zero attached hydrogens (tertiary/aromatic N) is 1. The van der Waals surface area contributed by atoms with Gasteiger partial charge in [0, 0.05) is 22.8 Å². The zero-order valence-electron chi connectivity index (χ0n) is 11.2. The van der Waals surface area contributed by atoms with Gasteiger partial charge in [-0.15, -0.1) is 0 Å². The number of hydrogen-bond donors (Lipinski definition) is 0. The summed E-state index contributed by atoms with van der Waals surface area (Å²) in [4.78, 5) is 0.0455. The standard InChI is InChI=1S/C14H13BrClNO3S/c1-21(18,19)9-4-5-10(12(16)6-9)13(15)11-7-17-20-14(11)8-2-3-8/h4-8,13H,2-3H2,1H3. The van der Waals surface area contributed by atoms with Gasteiger partial charge in [0.05, 0.1) is 15.9 Å². The van der Waals surface area contributed by atoms with E-state index >= 15 is 0 Å². The fourth-order valence-corrected chi connectivity index (χ4v) is 4.09. The van der Waals surface area contributed by atoms with Crippen LogP contribution in [-0.2, 0) is 9.84 Å². The van der Waals surface area contributed by atoms with Crippen molar-refractivity contribution in [2.24, 2.45) is 0 Å². The van der Waals surface area contributed by atoms with Crippen LogP contribution < -0.4 is 0 Å². The van der Waals surface area contributed by atoms with Crippen molar-refractivity contribution in [3.8, 4) is 0 Å². The van der Waals surface area contributed by atoms with Gasteiger partial charge in [0.25, 0.3) is 0 Å². The van der Waals surface area contributed by atoms with Crippen LogP contribution in [0.2, 0.25) is 5.02 Å². The molecule has 0 N–H and O–H groups in total. The molecule has 1 heterocycles. The van der Waals surface area contributed by atoms with Crippen LogP contribution in [0.3, 0.4) is 0 Å². The van der Waals surface area contributed by atoms with Crippen molar-refractivity contribution in [1.29, 1.82) is 0 Å². The summed E-state index contributed by atoms with van der Waals surface area (Å²) in [5.74, 6) is 1.33. The Balaban J connectivity index is 1.98. The molecule has 0 radical (unpaired) electrons. The second-order valence-corrected chi connectivity index (χ2v) is 8.58. The average Bonchev–Trinajstić information content (AvgIpc) is 3.14. The lowest BCUT2D eigenvalue weighted by Gasteiger charge is -2.12. The molecule has 1 aromatic heterocycles. The van der Waals surface area contributed by atoms with Gasteiger partial charge in [-0.3, -0.25) is 0 Å².